The molecule has 1 aromatic carbocycles. The van der Waals surface area contributed by atoms with Crippen LogP contribution in [0.1, 0.15) is 11.7 Å². The summed E-state index contributed by atoms with van der Waals surface area (Å²) in [5, 5.41) is 17.9. The maximum Gasteiger partial charge on any atom is 0.337 e. The molecule has 0 aliphatic carbocycles. The van der Waals surface area contributed by atoms with E-state index in [1.54, 1.807) is 0 Å². The van der Waals surface area contributed by atoms with E-state index in [2.05, 4.69) is 0 Å². The number of halogens is 1. The van der Waals surface area contributed by atoms with E-state index in [0.717, 1.165) is 6.07 Å². The molecule has 0 aliphatic rings. The highest BCUT2D eigenvalue weighted by Crippen LogP contribution is 2.31. The summed E-state index contributed by atoms with van der Waals surface area (Å²) in [6.07, 6.45) is -1.84. The van der Waals surface area contributed by atoms with Crippen LogP contribution in [0.5, 0.6) is 11.5 Å². The number of methoxy groups -OCH3 is 2. The Balaban J connectivity index is 3.28. The monoisotopic (exact) mass is 230 g/mol. The van der Waals surface area contributed by atoms with E-state index < -0.39 is 17.9 Å². The predicted octanol–water partition coefficient (Wildman–Crippen LogP) is 0.961. The Morgan fingerprint density at radius 3 is 2.31 bits per heavy atom. The Labute approximate surface area is 91.0 Å². The van der Waals surface area contributed by atoms with E-state index in [1.807, 2.05) is 0 Å². The molecule has 0 amide bonds. The number of benzene rings is 1. The van der Waals surface area contributed by atoms with Gasteiger partial charge in [-0.3, -0.25) is 0 Å². The second-order valence-electron chi connectivity index (χ2n) is 2.97. The van der Waals surface area contributed by atoms with Gasteiger partial charge in [-0.2, -0.15) is 0 Å². The number of hydrogen-bond acceptors (Lipinski definition) is 4. The van der Waals surface area contributed by atoms with Crippen molar-refractivity contribution in [2.45, 2.75) is 6.10 Å². The molecule has 1 atom stereocenters. The van der Waals surface area contributed by atoms with Crippen LogP contribution in [-0.4, -0.2) is 30.4 Å². The highest BCUT2D eigenvalue weighted by Gasteiger charge is 2.22. The predicted molar refractivity (Wildman–Crippen MR) is 52.1 cm³/mol. The smallest absolute Gasteiger partial charge is 0.337 e. The van der Waals surface area contributed by atoms with Crippen molar-refractivity contribution >= 4 is 5.97 Å². The Hall–Kier alpha value is -1.82. The summed E-state index contributed by atoms with van der Waals surface area (Å²) in [6, 6.07) is 2.05. The second kappa shape index (κ2) is 4.80. The summed E-state index contributed by atoms with van der Waals surface area (Å²) in [5.41, 5.74) is -0.159. The number of carbonyl (C=O) groups is 1. The Morgan fingerprint density at radius 2 is 1.88 bits per heavy atom. The minimum Gasteiger partial charge on any atom is -0.496 e. The summed E-state index contributed by atoms with van der Waals surface area (Å²) in [6.45, 7) is 0. The lowest BCUT2D eigenvalue weighted by Crippen LogP contribution is -2.12. The summed E-state index contributed by atoms with van der Waals surface area (Å²) in [4.78, 5) is 10.6. The van der Waals surface area contributed by atoms with Gasteiger partial charge in [-0.1, -0.05) is 0 Å². The number of aliphatic carboxylic acids is 1. The molecule has 88 valence electrons. The van der Waals surface area contributed by atoms with Crippen molar-refractivity contribution in [1.29, 1.82) is 0 Å². The minimum atomic E-state index is -1.84. The molecule has 0 fully saturated rings. The zero-order valence-corrected chi connectivity index (χ0v) is 8.73. The van der Waals surface area contributed by atoms with E-state index in [-0.39, 0.29) is 17.1 Å². The Morgan fingerprint density at radius 1 is 1.31 bits per heavy atom. The molecular formula is C10H11FO5. The fourth-order valence-electron chi connectivity index (χ4n) is 1.23. The van der Waals surface area contributed by atoms with Crippen molar-refractivity contribution in [1.82, 2.24) is 0 Å². The molecule has 0 aliphatic heterocycles. The topological polar surface area (TPSA) is 76.0 Å². The molecule has 0 saturated heterocycles. The van der Waals surface area contributed by atoms with E-state index >= 15 is 0 Å². The molecule has 0 radical (unpaired) electrons. The average molecular weight is 230 g/mol. The molecule has 1 rings (SSSR count). The fourth-order valence-corrected chi connectivity index (χ4v) is 1.23. The van der Waals surface area contributed by atoms with E-state index in [4.69, 9.17) is 14.6 Å². The number of carboxylic acid groups (broad SMARTS) is 1. The van der Waals surface area contributed by atoms with Gasteiger partial charge >= 0.3 is 5.97 Å². The van der Waals surface area contributed by atoms with Crippen LogP contribution in [0, 0.1) is 5.82 Å². The number of aliphatic hydroxyl groups excluding tert-OH is 1. The van der Waals surface area contributed by atoms with Gasteiger partial charge in [0.05, 0.1) is 14.2 Å². The first kappa shape index (κ1) is 12.3. The van der Waals surface area contributed by atoms with E-state index in [1.165, 1.54) is 20.3 Å². The molecule has 0 spiro atoms. The third-order valence-corrected chi connectivity index (χ3v) is 2.03. The van der Waals surface area contributed by atoms with Crippen LogP contribution in [0.2, 0.25) is 0 Å². The molecule has 1 unspecified atom stereocenters. The molecule has 1 aromatic rings. The van der Waals surface area contributed by atoms with Gasteiger partial charge in [-0.15, -0.1) is 0 Å². The van der Waals surface area contributed by atoms with Gasteiger partial charge < -0.3 is 19.7 Å². The standard InChI is InChI=1S/C10H11FO5/c1-15-7-4-8(16-2)6(11)3-5(7)9(12)10(13)14/h3-4,9,12H,1-2H3,(H,13,14). The van der Waals surface area contributed by atoms with Crippen molar-refractivity contribution in [2.24, 2.45) is 0 Å². The van der Waals surface area contributed by atoms with Gasteiger partial charge in [-0.25, -0.2) is 9.18 Å². The van der Waals surface area contributed by atoms with Crippen LogP contribution in [0.3, 0.4) is 0 Å². The lowest BCUT2D eigenvalue weighted by molar-refractivity contribution is -0.147. The molecule has 0 saturated carbocycles. The minimum absolute atomic E-state index is 0.0492. The van der Waals surface area contributed by atoms with Crippen LogP contribution < -0.4 is 9.47 Å². The first-order valence-corrected chi connectivity index (χ1v) is 4.33. The molecule has 5 nitrogen and oxygen atoms in total. The maximum absolute atomic E-state index is 13.3. The van der Waals surface area contributed by atoms with Gasteiger partial charge in [0.2, 0.25) is 0 Å². The molecule has 0 aromatic heterocycles. The summed E-state index contributed by atoms with van der Waals surface area (Å²) in [5.74, 6) is -2.28. The van der Waals surface area contributed by atoms with E-state index in [0.29, 0.717) is 0 Å². The molecule has 6 heteroatoms. The Kier molecular flexibility index (Phi) is 3.68. The zero-order valence-electron chi connectivity index (χ0n) is 8.73. The number of rotatable bonds is 4. The van der Waals surface area contributed by atoms with Crippen molar-refractivity contribution in [3.63, 3.8) is 0 Å². The maximum atomic E-state index is 13.3. The quantitative estimate of drug-likeness (QED) is 0.805. The number of aliphatic hydroxyl groups is 1. The number of carboxylic acids is 1. The fraction of sp³-hybridized carbons (Fsp3) is 0.300. The average Bonchev–Trinajstić information content (AvgIpc) is 2.27. The lowest BCUT2D eigenvalue weighted by atomic mass is 10.1. The van der Waals surface area contributed by atoms with Crippen LogP contribution in [0.4, 0.5) is 4.39 Å². The zero-order chi connectivity index (χ0) is 12.3. The lowest BCUT2D eigenvalue weighted by Gasteiger charge is -2.13. The highest BCUT2D eigenvalue weighted by molar-refractivity contribution is 5.75. The van der Waals surface area contributed by atoms with Crippen LogP contribution in [-0.2, 0) is 4.79 Å². The first-order chi connectivity index (χ1) is 7.51. The third kappa shape index (κ3) is 2.22. The normalized spacial score (nSPS) is 12.0. The van der Waals surface area contributed by atoms with Gasteiger partial charge in [0.1, 0.15) is 5.75 Å². The van der Waals surface area contributed by atoms with Crippen molar-refractivity contribution < 1.29 is 28.9 Å². The van der Waals surface area contributed by atoms with Crippen molar-refractivity contribution in [3.8, 4) is 11.5 Å². The van der Waals surface area contributed by atoms with Gasteiger partial charge in [0.15, 0.2) is 17.7 Å². The van der Waals surface area contributed by atoms with Crippen molar-refractivity contribution in [3.05, 3.63) is 23.5 Å². The SMILES string of the molecule is COc1cc(OC)c(C(O)C(=O)O)cc1F. The molecule has 16 heavy (non-hydrogen) atoms. The number of hydrogen-bond donors (Lipinski definition) is 2. The largest absolute Gasteiger partial charge is 0.496 e. The van der Waals surface area contributed by atoms with Gasteiger partial charge in [0, 0.05) is 11.6 Å². The Bertz CT molecular complexity index is 404. The van der Waals surface area contributed by atoms with Gasteiger partial charge in [-0.05, 0) is 6.07 Å². The summed E-state index contributed by atoms with van der Waals surface area (Å²) in [7, 11) is 2.55. The van der Waals surface area contributed by atoms with Crippen LogP contribution >= 0.6 is 0 Å². The van der Waals surface area contributed by atoms with Crippen molar-refractivity contribution in [2.75, 3.05) is 14.2 Å². The molecule has 0 heterocycles. The summed E-state index contributed by atoms with van der Waals surface area (Å²) < 4.78 is 22.8. The van der Waals surface area contributed by atoms with Crippen LogP contribution in [0.15, 0.2) is 12.1 Å². The highest BCUT2D eigenvalue weighted by atomic mass is 19.1. The molecule has 2 N–H and O–H groups in total. The number of ether oxygens (including phenoxy) is 2. The second-order valence-corrected chi connectivity index (χ2v) is 2.97. The first-order valence-electron chi connectivity index (χ1n) is 4.33. The van der Waals surface area contributed by atoms with E-state index in [9.17, 15) is 14.3 Å². The molecular weight excluding hydrogens is 219 g/mol. The molecule has 0 bridgehead atoms. The third-order valence-electron chi connectivity index (χ3n) is 2.03. The van der Waals surface area contributed by atoms with Crippen LogP contribution in [0.25, 0.3) is 0 Å². The summed E-state index contributed by atoms with van der Waals surface area (Å²) >= 11 is 0. The van der Waals surface area contributed by atoms with Gasteiger partial charge in [0.25, 0.3) is 0 Å².